The van der Waals surface area contributed by atoms with Crippen LogP contribution in [0.15, 0.2) is 6.07 Å². The van der Waals surface area contributed by atoms with Crippen LogP contribution in [0.1, 0.15) is 25.7 Å². The molecule has 1 saturated carbocycles. The molecule has 2 rings (SSSR count). The molecule has 0 bridgehead atoms. The molecule has 6 N–H and O–H groups in total. The maximum absolute atomic E-state index is 9.41. The minimum atomic E-state index is -0.114. The number of nitrogens with one attached hydrogen (secondary N) is 1. The van der Waals surface area contributed by atoms with Crippen LogP contribution < -0.4 is 16.8 Å². The Bertz CT molecular complexity index is 356. The molecule has 1 aliphatic carbocycles. The summed E-state index contributed by atoms with van der Waals surface area (Å²) in [6.45, 7) is 0.836. The Labute approximate surface area is 100 Å². The molecule has 0 amide bonds. The average molecular weight is 237 g/mol. The molecule has 0 aromatic carbocycles. The van der Waals surface area contributed by atoms with Gasteiger partial charge < -0.3 is 21.9 Å². The Hall–Kier alpha value is -1.56. The summed E-state index contributed by atoms with van der Waals surface area (Å²) < 4.78 is 0. The van der Waals surface area contributed by atoms with Gasteiger partial charge in [0.1, 0.15) is 11.6 Å². The van der Waals surface area contributed by atoms with Crippen molar-refractivity contribution < 1.29 is 5.11 Å². The van der Waals surface area contributed by atoms with Crippen LogP contribution in [-0.2, 0) is 0 Å². The highest BCUT2D eigenvalue weighted by molar-refractivity contribution is 5.48. The van der Waals surface area contributed by atoms with E-state index in [4.69, 9.17) is 11.5 Å². The number of nitrogens with two attached hydrogens (primary N) is 2. The van der Waals surface area contributed by atoms with E-state index in [0.717, 1.165) is 32.2 Å². The van der Waals surface area contributed by atoms with Crippen molar-refractivity contribution in [3.05, 3.63) is 6.07 Å². The Balaban J connectivity index is 1.85. The van der Waals surface area contributed by atoms with Gasteiger partial charge in [-0.25, -0.2) is 0 Å². The Kier molecular flexibility index (Phi) is 3.63. The lowest BCUT2D eigenvalue weighted by Crippen LogP contribution is -2.24. The summed E-state index contributed by atoms with van der Waals surface area (Å²) in [5.74, 6) is 1.81. The summed E-state index contributed by atoms with van der Waals surface area (Å²) in [5, 5.41) is 12.6. The Morgan fingerprint density at radius 1 is 1.24 bits per heavy atom. The van der Waals surface area contributed by atoms with Crippen LogP contribution in [0.3, 0.4) is 0 Å². The zero-order valence-corrected chi connectivity index (χ0v) is 9.76. The van der Waals surface area contributed by atoms with Gasteiger partial charge in [-0.1, -0.05) is 0 Å². The molecular weight excluding hydrogens is 218 g/mol. The zero-order valence-electron chi connectivity index (χ0n) is 9.76. The Morgan fingerprint density at radius 2 is 1.94 bits per heavy atom. The van der Waals surface area contributed by atoms with Crippen molar-refractivity contribution in [2.75, 3.05) is 23.3 Å². The number of rotatable bonds is 3. The van der Waals surface area contributed by atoms with Crippen LogP contribution in [0.25, 0.3) is 0 Å². The topological polar surface area (TPSA) is 110 Å². The molecule has 0 aliphatic heterocycles. The van der Waals surface area contributed by atoms with Gasteiger partial charge in [-0.2, -0.15) is 9.97 Å². The standard InChI is InChI=1S/C11H19N5O/c12-9-5-10(16-11(13)15-9)14-6-7-1-3-8(17)4-2-7/h5,7-8,17H,1-4,6H2,(H5,12,13,14,15,16). The second-order valence-corrected chi connectivity index (χ2v) is 4.59. The molecule has 1 aromatic rings. The zero-order chi connectivity index (χ0) is 12.3. The van der Waals surface area contributed by atoms with Crippen LogP contribution in [0, 0.1) is 5.92 Å². The van der Waals surface area contributed by atoms with Crippen molar-refractivity contribution in [3.8, 4) is 0 Å². The van der Waals surface area contributed by atoms with Gasteiger partial charge in [0, 0.05) is 12.6 Å². The van der Waals surface area contributed by atoms with Gasteiger partial charge in [-0.3, -0.25) is 0 Å². The maximum Gasteiger partial charge on any atom is 0.223 e. The first kappa shape index (κ1) is 11.9. The van der Waals surface area contributed by atoms with E-state index in [1.165, 1.54) is 0 Å². The van der Waals surface area contributed by atoms with Crippen molar-refractivity contribution in [3.63, 3.8) is 0 Å². The molecule has 94 valence electrons. The van der Waals surface area contributed by atoms with Crippen molar-refractivity contribution in [1.29, 1.82) is 0 Å². The van der Waals surface area contributed by atoms with E-state index in [2.05, 4.69) is 15.3 Å². The predicted octanol–water partition coefficient (Wildman–Crippen LogP) is 0.604. The van der Waals surface area contributed by atoms with Gasteiger partial charge in [-0.15, -0.1) is 0 Å². The number of hydrogen-bond acceptors (Lipinski definition) is 6. The first-order chi connectivity index (χ1) is 8.13. The second kappa shape index (κ2) is 5.18. The van der Waals surface area contributed by atoms with Crippen molar-refractivity contribution in [2.45, 2.75) is 31.8 Å². The molecule has 1 fully saturated rings. The summed E-state index contributed by atoms with van der Waals surface area (Å²) in [6.07, 6.45) is 3.76. The lowest BCUT2D eigenvalue weighted by atomic mass is 9.87. The van der Waals surface area contributed by atoms with E-state index < -0.39 is 0 Å². The SMILES string of the molecule is Nc1cc(NCC2CCC(O)CC2)nc(N)n1. The quantitative estimate of drug-likeness (QED) is 0.613. The van der Waals surface area contributed by atoms with Crippen LogP contribution in [0.2, 0.25) is 0 Å². The molecule has 1 heterocycles. The normalized spacial score (nSPS) is 24.5. The van der Waals surface area contributed by atoms with Crippen molar-refractivity contribution in [1.82, 2.24) is 9.97 Å². The summed E-state index contributed by atoms with van der Waals surface area (Å²) in [5.41, 5.74) is 11.1. The third kappa shape index (κ3) is 3.45. The number of nitrogen functional groups attached to an aromatic ring is 2. The monoisotopic (exact) mass is 237 g/mol. The summed E-state index contributed by atoms with van der Waals surface area (Å²) in [6, 6.07) is 1.67. The molecular formula is C11H19N5O. The van der Waals surface area contributed by atoms with Crippen molar-refractivity contribution >= 4 is 17.6 Å². The maximum atomic E-state index is 9.41. The minimum Gasteiger partial charge on any atom is -0.393 e. The fourth-order valence-electron chi connectivity index (χ4n) is 2.17. The summed E-state index contributed by atoms with van der Waals surface area (Å²) in [7, 11) is 0. The largest absolute Gasteiger partial charge is 0.393 e. The molecule has 6 heteroatoms. The van der Waals surface area contributed by atoms with Crippen molar-refractivity contribution in [2.24, 2.45) is 5.92 Å². The number of aliphatic hydroxyl groups excluding tert-OH is 1. The number of aliphatic hydroxyl groups is 1. The molecule has 0 radical (unpaired) electrons. The molecule has 0 spiro atoms. The third-order valence-electron chi connectivity index (χ3n) is 3.15. The lowest BCUT2D eigenvalue weighted by molar-refractivity contribution is 0.111. The fraction of sp³-hybridized carbons (Fsp3) is 0.636. The molecule has 0 unspecified atom stereocenters. The molecule has 1 aromatic heterocycles. The van der Waals surface area contributed by atoms with Crippen LogP contribution in [0.5, 0.6) is 0 Å². The Morgan fingerprint density at radius 3 is 2.59 bits per heavy atom. The highest BCUT2D eigenvalue weighted by atomic mass is 16.3. The van der Waals surface area contributed by atoms with Crippen LogP contribution in [0.4, 0.5) is 17.6 Å². The van der Waals surface area contributed by atoms with Crippen LogP contribution in [-0.4, -0.2) is 27.7 Å². The highest BCUT2D eigenvalue weighted by Crippen LogP contribution is 2.24. The van der Waals surface area contributed by atoms with Gasteiger partial charge in [0.05, 0.1) is 6.10 Å². The highest BCUT2D eigenvalue weighted by Gasteiger charge is 2.19. The minimum absolute atomic E-state index is 0.114. The van der Waals surface area contributed by atoms with Gasteiger partial charge >= 0.3 is 0 Å². The van der Waals surface area contributed by atoms with Gasteiger partial charge in [-0.05, 0) is 31.6 Å². The predicted molar refractivity (Wildman–Crippen MR) is 67.3 cm³/mol. The number of hydrogen-bond donors (Lipinski definition) is 4. The third-order valence-corrected chi connectivity index (χ3v) is 3.15. The van der Waals surface area contributed by atoms with E-state index in [1.54, 1.807) is 6.07 Å². The molecule has 6 nitrogen and oxygen atoms in total. The van der Waals surface area contributed by atoms with E-state index >= 15 is 0 Å². The average Bonchev–Trinajstić information content (AvgIpc) is 2.27. The molecule has 0 saturated heterocycles. The number of nitrogens with zero attached hydrogens (tertiary/aromatic N) is 2. The number of anilines is 3. The first-order valence-electron chi connectivity index (χ1n) is 5.95. The molecule has 1 aliphatic rings. The number of aromatic nitrogens is 2. The van der Waals surface area contributed by atoms with Gasteiger partial charge in [0.25, 0.3) is 0 Å². The molecule has 0 atom stereocenters. The van der Waals surface area contributed by atoms with E-state index in [1.807, 2.05) is 0 Å². The van der Waals surface area contributed by atoms with E-state index in [0.29, 0.717) is 17.6 Å². The van der Waals surface area contributed by atoms with Gasteiger partial charge in [0.15, 0.2) is 0 Å². The molecule has 17 heavy (non-hydrogen) atoms. The second-order valence-electron chi connectivity index (χ2n) is 4.59. The summed E-state index contributed by atoms with van der Waals surface area (Å²) in [4.78, 5) is 7.87. The van der Waals surface area contributed by atoms with E-state index in [9.17, 15) is 5.11 Å². The summed E-state index contributed by atoms with van der Waals surface area (Å²) >= 11 is 0. The smallest absolute Gasteiger partial charge is 0.223 e. The fourth-order valence-corrected chi connectivity index (χ4v) is 2.17. The first-order valence-corrected chi connectivity index (χ1v) is 5.95. The lowest BCUT2D eigenvalue weighted by Gasteiger charge is -2.25. The van der Waals surface area contributed by atoms with Gasteiger partial charge in [0.2, 0.25) is 5.95 Å². The van der Waals surface area contributed by atoms with E-state index in [-0.39, 0.29) is 12.1 Å². The van der Waals surface area contributed by atoms with Crippen LogP contribution >= 0.6 is 0 Å².